The van der Waals surface area contributed by atoms with E-state index in [4.69, 9.17) is 0 Å². The highest BCUT2D eigenvalue weighted by Crippen LogP contribution is 2.38. The molecule has 3 aromatic heterocycles. The first kappa shape index (κ1) is 15.4. The predicted octanol–water partition coefficient (Wildman–Crippen LogP) is 1.90. The monoisotopic (exact) mass is 348 g/mol. The Labute approximate surface area is 150 Å². The lowest BCUT2D eigenvalue weighted by Crippen LogP contribution is -2.50. The normalized spacial score (nSPS) is 17.5. The van der Waals surface area contributed by atoms with E-state index in [1.54, 1.807) is 16.9 Å². The summed E-state index contributed by atoms with van der Waals surface area (Å²) >= 11 is 0. The molecule has 0 aromatic carbocycles. The van der Waals surface area contributed by atoms with Gasteiger partial charge in [-0.1, -0.05) is 0 Å². The third-order valence-corrected chi connectivity index (χ3v) is 5.13. The first-order valence-corrected chi connectivity index (χ1v) is 9.10. The van der Waals surface area contributed by atoms with Crippen LogP contribution in [0.4, 0.5) is 5.82 Å². The summed E-state index contributed by atoms with van der Waals surface area (Å²) in [6.07, 6.45) is 4.13. The van der Waals surface area contributed by atoms with Gasteiger partial charge in [0.25, 0.3) is 5.56 Å². The lowest BCUT2D eigenvalue weighted by atomic mass is 10.00. The average Bonchev–Trinajstić information content (AvgIpc) is 3.43. The number of aromatic nitrogens is 5. The zero-order valence-electron chi connectivity index (χ0n) is 14.7. The summed E-state index contributed by atoms with van der Waals surface area (Å²) < 4.78 is 1.64. The van der Waals surface area contributed by atoms with Crippen LogP contribution in [-0.4, -0.2) is 37.8 Å². The standard InChI is InChI=1S/C19H20N6O/c1-12-21-18-15(3-2-8-20-18)19(22-12)24-9-13(10-24)11-25-17(26)7-6-16(23-25)14-4-5-14/h2-3,6-8,13-14H,4-5,9-11H2,1H3. The molecule has 0 radical (unpaired) electrons. The molecular formula is C19H20N6O. The van der Waals surface area contributed by atoms with Crippen LogP contribution < -0.4 is 10.5 Å². The molecule has 0 amide bonds. The van der Waals surface area contributed by atoms with Gasteiger partial charge in [-0.2, -0.15) is 5.10 Å². The summed E-state index contributed by atoms with van der Waals surface area (Å²) in [5.41, 5.74) is 1.78. The van der Waals surface area contributed by atoms with E-state index in [0.29, 0.717) is 18.4 Å². The van der Waals surface area contributed by atoms with Crippen LogP contribution in [0.15, 0.2) is 35.3 Å². The van der Waals surface area contributed by atoms with Crippen molar-refractivity contribution >= 4 is 16.9 Å². The van der Waals surface area contributed by atoms with Gasteiger partial charge in [-0.15, -0.1) is 0 Å². The Kier molecular flexibility index (Phi) is 3.48. The van der Waals surface area contributed by atoms with Crippen molar-refractivity contribution in [3.05, 3.63) is 52.3 Å². The number of hydrogen-bond acceptors (Lipinski definition) is 6. The second kappa shape index (κ2) is 5.86. The minimum absolute atomic E-state index is 0.0135. The van der Waals surface area contributed by atoms with Gasteiger partial charge in [0, 0.05) is 37.2 Å². The van der Waals surface area contributed by atoms with Crippen LogP contribution in [0.2, 0.25) is 0 Å². The SMILES string of the molecule is Cc1nc(N2CC(Cn3nc(C4CC4)ccc3=O)C2)c2cccnc2n1. The van der Waals surface area contributed by atoms with Crippen molar-refractivity contribution in [2.24, 2.45) is 5.92 Å². The molecule has 1 aliphatic heterocycles. The largest absolute Gasteiger partial charge is 0.355 e. The molecule has 1 aliphatic carbocycles. The van der Waals surface area contributed by atoms with E-state index in [-0.39, 0.29) is 5.56 Å². The van der Waals surface area contributed by atoms with Crippen molar-refractivity contribution in [3.8, 4) is 0 Å². The third kappa shape index (κ3) is 2.73. The maximum Gasteiger partial charge on any atom is 0.266 e. The van der Waals surface area contributed by atoms with Crippen LogP contribution in [0, 0.1) is 12.8 Å². The molecule has 0 bridgehead atoms. The molecule has 7 heteroatoms. The Bertz CT molecular complexity index is 1040. The van der Waals surface area contributed by atoms with Gasteiger partial charge in [0.2, 0.25) is 0 Å². The van der Waals surface area contributed by atoms with Gasteiger partial charge in [-0.3, -0.25) is 4.79 Å². The van der Waals surface area contributed by atoms with Crippen molar-refractivity contribution in [3.63, 3.8) is 0 Å². The van der Waals surface area contributed by atoms with E-state index in [0.717, 1.165) is 41.5 Å². The van der Waals surface area contributed by atoms with Crippen LogP contribution in [-0.2, 0) is 6.54 Å². The van der Waals surface area contributed by atoms with Crippen LogP contribution >= 0.6 is 0 Å². The molecule has 7 nitrogen and oxygen atoms in total. The molecule has 3 aromatic rings. The van der Waals surface area contributed by atoms with Gasteiger partial charge in [-0.05, 0) is 38.0 Å². The number of aryl methyl sites for hydroxylation is 1. The fraction of sp³-hybridized carbons (Fsp3) is 0.421. The number of nitrogens with zero attached hydrogens (tertiary/aromatic N) is 6. The maximum absolute atomic E-state index is 12.1. The van der Waals surface area contributed by atoms with E-state index < -0.39 is 0 Å². The number of hydrogen-bond donors (Lipinski definition) is 0. The maximum atomic E-state index is 12.1. The Morgan fingerprint density at radius 2 is 2.00 bits per heavy atom. The predicted molar refractivity (Wildman–Crippen MR) is 98.2 cm³/mol. The molecule has 4 heterocycles. The first-order valence-electron chi connectivity index (χ1n) is 9.10. The molecule has 0 unspecified atom stereocenters. The van der Waals surface area contributed by atoms with Crippen molar-refractivity contribution in [2.75, 3.05) is 18.0 Å². The van der Waals surface area contributed by atoms with Gasteiger partial charge in [-0.25, -0.2) is 19.6 Å². The molecule has 132 valence electrons. The van der Waals surface area contributed by atoms with Crippen LogP contribution in [0.1, 0.15) is 30.3 Å². The number of rotatable bonds is 4. The van der Waals surface area contributed by atoms with E-state index in [9.17, 15) is 4.79 Å². The zero-order valence-corrected chi connectivity index (χ0v) is 14.7. The molecule has 26 heavy (non-hydrogen) atoms. The second-order valence-corrected chi connectivity index (χ2v) is 7.29. The summed E-state index contributed by atoms with van der Waals surface area (Å²) in [4.78, 5) is 27.7. The lowest BCUT2D eigenvalue weighted by molar-refractivity contribution is 0.331. The summed E-state index contributed by atoms with van der Waals surface area (Å²) in [6.45, 7) is 4.28. The molecule has 2 aliphatic rings. The Morgan fingerprint density at radius 3 is 2.81 bits per heavy atom. The van der Waals surface area contributed by atoms with Gasteiger partial charge >= 0.3 is 0 Å². The molecule has 1 saturated heterocycles. The van der Waals surface area contributed by atoms with Crippen molar-refractivity contribution in [1.29, 1.82) is 0 Å². The van der Waals surface area contributed by atoms with Gasteiger partial charge in [0.15, 0.2) is 5.65 Å². The van der Waals surface area contributed by atoms with Crippen LogP contribution in [0.5, 0.6) is 0 Å². The summed E-state index contributed by atoms with van der Waals surface area (Å²) in [7, 11) is 0. The number of anilines is 1. The van der Waals surface area contributed by atoms with E-state index in [1.807, 2.05) is 25.1 Å². The average molecular weight is 348 g/mol. The quantitative estimate of drug-likeness (QED) is 0.717. The topological polar surface area (TPSA) is 76.8 Å². The number of fused-ring (bicyclic) bond motifs is 1. The van der Waals surface area contributed by atoms with E-state index in [1.165, 1.54) is 12.8 Å². The molecular weight excluding hydrogens is 328 g/mol. The van der Waals surface area contributed by atoms with Crippen molar-refractivity contribution in [2.45, 2.75) is 32.2 Å². The van der Waals surface area contributed by atoms with E-state index in [2.05, 4.69) is 25.0 Å². The Morgan fingerprint density at radius 1 is 1.15 bits per heavy atom. The summed E-state index contributed by atoms with van der Waals surface area (Å²) in [6, 6.07) is 7.46. The smallest absolute Gasteiger partial charge is 0.266 e. The Balaban J connectivity index is 1.34. The van der Waals surface area contributed by atoms with Crippen molar-refractivity contribution < 1.29 is 0 Å². The fourth-order valence-electron chi connectivity index (χ4n) is 3.59. The minimum atomic E-state index is -0.0135. The third-order valence-electron chi connectivity index (χ3n) is 5.13. The summed E-state index contributed by atoms with van der Waals surface area (Å²) in [5, 5.41) is 5.54. The molecule has 2 fully saturated rings. The second-order valence-electron chi connectivity index (χ2n) is 7.29. The first-order chi connectivity index (χ1) is 12.7. The number of pyridine rings is 1. The van der Waals surface area contributed by atoms with Crippen molar-refractivity contribution in [1.82, 2.24) is 24.7 Å². The van der Waals surface area contributed by atoms with E-state index >= 15 is 0 Å². The Hall–Kier alpha value is -2.83. The summed E-state index contributed by atoms with van der Waals surface area (Å²) in [5.74, 6) is 2.62. The molecule has 0 atom stereocenters. The highest BCUT2D eigenvalue weighted by molar-refractivity contribution is 5.87. The highest BCUT2D eigenvalue weighted by atomic mass is 16.1. The molecule has 5 rings (SSSR count). The van der Waals surface area contributed by atoms with Crippen LogP contribution in [0.25, 0.3) is 11.0 Å². The van der Waals surface area contributed by atoms with Gasteiger partial charge in [0.05, 0.1) is 17.6 Å². The van der Waals surface area contributed by atoms with Gasteiger partial charge < -0.3 is 4.90 Å². The highest BCUT2D eigenvalue weighted by Gasteiger charge is 2.31. The minimum Gasteiger partial charge on any atom is -0.355 e. The molecule has 0 spiro atoms. The lowest BCUT2D eigenvalue weighted by Gasteiger charge is -2.40. The zero-order chi connectivity index (χ0) is 17.7. The van der Waals surface area contributed by atoms with Gasteiger partial charge in [0.1, 0.15) is 11.6 Å². The van der Waals surface area contributed by atoms with Crippen LogP contribution in [0.3, 0.4) is 0 Å². The molecule has 1 saturated carbocycles. The molecule has 0 N–H and O–H groups in total. The fourth-order valence-corrected chi connectivity index (χ4v) is 3.59.